The molecule has 212 valence electrons. The van der Waals surface area contributed by atoms with Crippen LogP contribution in [0.3, 0.4) is 0 Å². The van der Waals surface area contributed by atoms with Gasteiger partial charge in [-0.1, -0.05) is 85.3 Å². The van der Waals surface area contributed by atoms with Gasteiger partial charge in [0, 0.05) is 13.0 Å². The zero-order valence-corrected chi connectivity index (χ0v) is 24.1. The lowest BCUT2D eigenvalue weighted by Gasteiger charge is -2.27. The molecule has 6 rings (SSSR count). The van der Waals surface area contributed by atoms with E-state index < -0.39 is 16.1 Å². The highest BCUT2D eigenvalue weighted by Gasteiger charge is 2.28. The average Bonchev–Trinajstić information content (AvgIpc) is 3.39. The molecule has 2 atom stereocenters. The van der Waals surface area contributed by atoms with Gasteiger partial charge in [-0.25, -0.2) is 13.1 Å². The van der Waals surface area contributed by atoms with Crippen molar-refractivity contribution in [1.82, 2.24) is 14.9 Å². The number of nitrogens with one attached hydrogen (secondary N) is 2. The summed E-state index contributed by atoms with van der Waals surface area (Å²) in [6.07, 6.45) is 5.63. The van der Waals surface area contributed by atoms with Crippen molar-refractivity contribution in [2.75, 3.05) is 13.1 Å². The van der Waals surface area contributed by atoms with Gasteiger partial charge in [-0.3, -0.25) is 9.69 Å². The third kappa shape index (κ3) is 6.53. The quantitative estimate of drug-likeness (QED) is 0.259. The van der Waals surface area contributed by atoms with Gasteiger partial charge in [0.2, 0.25) is 15.9 Å². The molecule has 0 saturated carbocycles. The first-order valence-electron chi connectivity index (χ1n) is 14.6. The van der Waals surface area contributed by atoms with Crippen molar-refractivity contribution in [3.8, 4) is 0 Å². The maximum absolute atomic E-state index is 13.5. The Hall–Kier alpha value is -3.52. The Morgan fingerprint density at radius 2 is 1.61 bits per heavy atom. The minimum absolute atomic E-state index is 0.0100. The van der Waals surface area contributed by atoms with Gasteiger partial charge in [-0.05, 0) is 83.9 Å². The molecular weight excluding hydrogens is 530 g/mol. The molecule has 0 spiro atoms. The van der Waals surface area contributed by atoms with Crippen molar-refractivity contribution in [3.63, 3.8) is 0 Å². The number of rotatable bonds is 9. The smallest absolute Gasteiger partial charge is 0.241 e. The van der Waals surface area contributed by atoms with Gasteiger partial charge >= 0.3 is 0 Å². The van der Waals surface area contributed by atoms with E-state index in [4.69, 9.17) is 0 Å². The first-order chi connectivity index (χ1) is 19.9. The molecule has 1 heterocycles. The van der Waals surface area contributed by atoms with E-state index in [1.807, 2.05) is 60.7 Å². The van der Waals surface area contributed by atoms with Crippen LogP contribution in [0.5, 0.6) is 0 Å². The van der Waals surface area contributed by atoms with E-state index in [9.17, 15) is 13.2 Å². The van der Waals surface area contributed by atoms with Gasteiger partial charge < -0.3 is 5.32 Å². The molecule has 0 aromatic heterocycles. The maximum atomic E-state index is 13.5. The van der Waals surface area contributed by atoms with Crippen LogP contribution in [0.15, 0.2) is 95.9 Å². The number of hydrogen-bond donors (Lipinski definition) is 2. The molecule has 7 heteroatoms. The number of carbonyl (C=O) groups is 1. The van der Waals surface area contributed by atoms with Gasteiger partial charge in [0.05, 0.1) is 17.0 Å². The number of carbonyl (C=O) groups excluding carboxylic acids is 1. The summed E-state index contributed by atoms with van der Waals surface area (Å²) in [6.45, 7) is 3.24. The zero-order chi connectivity index (χ0) is 28.2. The second-order valence-electron chi connectivity index (χ2n) is 11.3. The van der Waals surface area contributed by atoms with E-state index >= 15 is 0 Å². The van der Waals surface area contributed by atoms with Crippen LogP contribution in [0.4, 0.5) is 0 Å². The molecule has 1 fully saturated rings. The van der Waals surface area contributed by atoms with Crippen LogP contribution in [0.1, 0.15) is 66.4 Å². The number of fused-ring (bicyclic) bond motifs is 2. The Balaban J connectivity index is 1.18. The van der Waals surface area contributed by atoms with E-state index in [1.165, 1.54) is 36.0 Å². The molecule has 0 unspecified atom stereocenters. The van der Waals surface area contributed by atoms with E-state index in [2.05, 4.69) is 33.1 Å². The number of benzene rings is 4. The number of aryl methyl sites for hydroxylation is 1. The predicted octanol–water partition coefficient (Wildman–Crippen LogP) is 6.04. The summed E-state index contributed by atoms with van der Waals surface area (Å²) in [5.74, 6) is -0.167. The molecule has 1 saturated heterocycles. The molecule has 6 nitrogen and oxygen atoms in total. The van der Waals surface area contributed by atoms with Crippen LogP contribution in [0.25, 0.3) is 10.8 Å². The van der Waals surface area contributed by atoms with Gasteiger partial charge in [0.25, 0.3) is 0 Å². The lowest BCUT2D eigenvalue weighted by molar-refractivity contribution is -0.122. The van der Waals surface area contributed by atoms with Gasteiger partial charge in [0.1, 0.15) is 0 Å². The molecule has 1 aliphatic carbocycles. The third-order valence-electron chi connectivity index (χ3n) is 8.40. The van der Waals surface area contributed by atoms with Crippen LogP contribution in [0.2, 0.25) is 0 Å². The third-order valence-corrected chi connectivity index (χ3v) is 9.87. The van der Waals surface area contributed by atoms with Crippen molar-refractivity contribution >= 4 is 26.7 Å². The number of amides is 1. The number of sulfonamides is 1. The van der Waals surface area contributed by atoms with Crippen LogP contribution < -0.4 is 10.0 Å². The number of likely N-dealkylation sites (tertiary alicyclic amines) is 1. The van der Waals surface area contributed by atoms with E-state index in [-0.39, 0.29) is 23.3 Å². The number of nitrogens with zero attached hydrogens (tertiary/aromatic N) is 1. The molecule has 1 aliphatic heterocycles. The highest BCUT2D eigenvalue weighted by molar-refractivity contribution is 7.89. The molecule has 4 aromatic rings. The van der Waals surface area contributed by atoms with Crippen LogP contribution in [-0.2, 0) is 27.8 Å². The summed E-state index contributed by atoms with van der Waals surface area (Å²) in [5, 5.41) is 5.05. The summed E-state index contributed by atoms with van der Waals surface area (Å²) in [5.41, 5.74) is 4.52. The number of hydrogen-bond acceptors (Lipinski definition) is 4. The lowest BCUT2D eigenvalue weighted by Crippen LogP contribution is -2.35. The van der Waals surface area contributed by atoms with Gasteiger partial charge in [0.15, 0.2) is 0 Å². The molecule has 1 amide bonds. The average molecular weight is 568 g/mol. The highest BCUT2D eigenvalue weighted by atomic mass is 32.2. The normalized spacial score (nSPS) is 18.2. The van der Waals surface area contributed by atoms with Crippen molar-refractivity contribution < 1.29 is 13.2 Å². The molecular formula is C34H37N3O3S. The van der Waals surface area contributed by atoms with Crippen LogP contribution >= 0.6 is 0 Å². The van der Waals surface area contributed by atoms with Crippen molar-refractivity contribution in [3.05, 3.63) is 113 Å². The predicted molar refractivity (Wildman–Crippen MR) is 163 cm³/mol. The summed E-state index contributed by atoms with van der Waals surface area (Å²) in [7, 11) is -3.88. The fourth-order valence-corrected chi connectivity index (χ4v) is 7.48. The fourth-order valence-electron chi connectivity index (χ4n) is 6.22. The maximum Gasteiger partial charge on any atom is 0.241 e. The summed E-state index contributed by atoms with van der Waals surface area (Å²) in [4.78, 5) is 16.1. The summed E-state index contributed by atoms with van der Waals surface area (Å²) in [6, 6.07) is 28.0. The van der Waals surface area contributed by atoms with E-state index in [1.54, 1.807) is 12.1 Å². The van der Waals surface area contributed by atoms with Gasteiger partial charge in [-0.2, -0.15) is 0 Å². The van der Waals surface area contributed by atoms with E-state index in [0.29, 0.717) is 0 Å². The molecule has 0 radical (unpaired) electrons. The van der Waals surface area contributed by atoms with Crippen LogP contribution in [0, 0.1) is 0 Å². The minimum atomic E-state index is -3.88. The van der Waals surface area contributed by atoms with Gasteiger partial charge in [-0.15, -0.1) is 0 Å². The molecule has 41 heavy (non-hydrogen) atoms. The second-order valence-corrected chi connectivity index (χ2v) is 13.0. The fraction of sp³-hybridized carbons (Fsp3) is 0.324. The zero-order valence-electron chi connectivity index (χ0n) is 23.3. The number of piperidine rings is 1. The largest absolute Gasteiger partial charge is 0.349 e. The first kappa shape index (κ1) is 27.6. The first-order valence-corrected chi connectivity index (χ1v) is 16.1. The minimum Gasteiger partial charge on any atom is -0.349 e. The monoisotopic (exact) mass is 567 g/mol. The molecule has 0 bridgehead atoms. The Kier molecular flexibility index (Phi) is 8.19. The lowest BCUT2D eigenvalue weighted by atomic mass is 10.0. The highest BCUT2D eigenvalue weighted by Crippen LogP contribution is 2.33. The molecule has 4 aromatic carbocycles. The van der Waals surface area contributed by atoms with Crippen molar-refractivity contribution in [2.45, 2.75) is 62.0 Å². The second kappa shape index (κ2) is 12.1. The Bertz CT molecular complexity index is 1630. The van der Waals surface area contributed by atoms with Crippen molar-refractivity contribution in [2.24, 2.45) is 0 Å². The standard InChI is InChI=1S/C34H37N3O3S/c38-34(35-32-18-16-27-14-13-25(21-31(27)32)24-37-19-7-2-8-20-37)23-33(28-10-3-1-4-11-28)36-41(39,40)30-17-15-26-9-5-6-12-29(26)22-30/h1,3-6,9-15,17,21-22,32-33,36H,2,7-8,16,18-20,23-24H2,(H,35,38)/t32-,33-/m1/s1. The molecule has 2 aliphatic rings. The summed E-state index contributed by atoms with van der Waals surface area (Å²) < 4.78 is 29.8. The van der Waals surface area contributed by atoms with Crippen LogP contribution in [-0.4, -0.2) is 32.3 Å². The van der Waals surface area contributed by atoms with E-state index in [0.717, 1.165) is 48.8 Å². The Morgan fingerprint density at radius 3 is 2.41 bits per heavy atom. The van der Waals surface area contributed by atoms with Crippen molar-refractivity contribution in [1.29, 1.82) is 0 Å². The Labute approximate surface area is 242 Å². The molecule has 2 N–H and O–H groups in total. The Morgan fingerprint density at radius 1 is 0.854 bits per heavy atom. The summed E-state index contributed by atoms with van der Waals surface area (Å²) >= 11 is 0. The topological polar surface area (TPSA) is 78.5 Å². The SMILES string of the molecule is O=C(C[C@@H](NS(=O)(=O)c1ccc2ccccc2c1)c1ccccc1)N[C@@H]1CCc2ccc(CN3CCCCC3)cc21.